The summed E-state index contributed by atoms with van der Waals surface area (Å²) in [7, 11) is 0. The van der Waals surface area contributed by atoms with E-state index in [2.05, 4.69) is 4.98 Å². The van der Waals surface area contributed by atoms with Gasteiger partial charge in [0.1, 0.15) is 17.7 Å². The van der Waals surface area contributed by atoms with Crippen LogP contribution in [0.25, 0.3) is 0 Å². The van der Waals surface area contributed by atoms with Gasteiger partial charge in [0, 0.05) is 30.8 Å². The Hall–Kier alpha value is -2.43. The molecule has 5 heteroatoms. The van der Waals surface area contributed by atoms with E-state index in [0.717, 1.165) is 30.8 Å². The van der Waals surface area contributed by atoms with Gasteiger partial charge in [-0.05, 0) is 56.0 Å². The summed E-state index contributed by atoms with van der Waals surface area (Å²) in [6, 6.07) is 9.74. The van der Waals surface area contributed by atoms with Crippen molar-refractivity contribution < 1.29 is 13.9 Å². The molecule has 25 heavy (non-hydrogen) atoms. The summed E-state index contributed by atoms with van der Waals surface area (Å²) in [4.78, 5) is 18.8. The van der Waals surface area contributed by atoms with Gasteiger partial charge in [-0.2, -0.15) is 0 Å². The number of carbonyl (C=O) groups excluding carboxylic acids is 1. The van der Waals surface area contributed by atoms with Crippen LogP contribution in [-0.2, 0) is 0 Å². The second kappa shape index (κ2) is 6.47. The van der Waals surface area contributed by atoms with Crippen molar-refractivity contribution in [3.8, 4) is 5.75 Å². The van der Waals surface area contributed by atoms with E-state index < -0.39 is 0 Å². The van der Waals surface area contributed by atoms with E-state index in [1.165, 1.54) is 12.1 Å². The molecule has 1 aliphatic carbocycles. The maximum Gasteiger partial charge on any atom is 0.253 e. The summed E-state index contributed by atoms with van der Waals surface area (Å²) < 4.78 is 19.6. The van der Waals surface area contributed by atoms with Crippen molar-refractivity contribution >= 4 is 5.91 Å². The lowest BCUT2D eigenvalue weighted by Gasteiger charge is -2.22. The minimum Gasteiger partial charge on any atom is -0.488 e. The number of fused-ring (bicyclic) bond motifs is 1. The smallest absolute Gasteiger partial charge is 0.253 e. The number of aryl methyl sites for hydroxylation is 1. The first-order chi connectivity index (χ1) is 12.1. The van der Waals surface area contributed by atoms with Crippen molar-refractivity contribution in [1.82, 2.24) is 9.88 Å². The summed E-state index contributed by atoms with van der Waals surface area (Å²) in [6.45, 7) is 3.34. The SMILES string of the molecule is Cc1ncccc1O[C@@H]1CC[C@@H]2CN(C(=O)c3cccc(F)c3)C[C@@H]21. The molecule has 0 bridgehead atoms. The molecule has 4 nitrogen and oxygen atoms in total. The van der Waals surface area contributed by atoms with E-state index in [-0.39, 0.29) is 17.8 Å². The first-order valence-electron chi connectivity index (χ1n) is 8.75. The van der Waals surface area contributed by atoms with Gasteiger partial charge in [0.25, 0.3) is 5.91 Å². The number of pyridine rings is 1. The molecule has 1 amide bonds. The number of aromatic nitrogens is 1. The summed E-state index contributed by atoms with van der Waals surface area (Å²) >= 11 is 0. The molecule has 1 saturated carbocycles. The fraction of sp³-hybridized carbons (Fsp3) is 0.400. The van der Waals surface area contributed by atoms with Crippen molar-refractivity contribution in [2.45, 2.75) is 25.9 Å². The molecule has 2 heterocycles. The third-order valence-corrected chi connectivity index (χ3v) is 5.39. The number of rotatable bonds is 3. The Morgan fingerprint density at radius 1 is 1.24 bits per heavy atom. The zero-order valence-electron chi connectivity index (χ0n) is 14.2. The number of carbonyl (C=O) groups is 1. The standard InChI is InChI=1S/C20H21FN2O2/c1-13-18(6-3-9-22-13)25-19-8-7-15-11-23(12-17(15)19)20(24)14-4-2-5-16(21)10-14/h2-6,9-10,15,17,19H,7-8,11-12H2,1H3/t15-,17+,19-/m1/s1. The zero-order chi connectivity index (χ0) is 17.4. The molecule has 1 saturated heterocycles. The largest absolute Gasteiger partial charge is 0.488 e. The van der Waals surface area contributed by atoms with Crippen molar-refractivity contribution in [2.75, 3.05) is 13.1 Å². The van der Waals surface area contributed by atoms with Crippen LogP contribution in [0.1, 0.15) is 28.9 Å². The van der Waals surface area contributed by atoms with Crippen LogP contribution >= 0.6 is 0 Å². The second-order valence-electron chi connectivity index (χ2n) is 6.97. The summed E-state index contributed by atoms with van der Waals surface area (Å²) in [5.41, 5.74) is 1.30. The van der Waals surface area contributed by atoms with Crippen molar-refractivity contribution in [1.29, 1.82) is 0 Å². The molecule has 1 aromatic carbocycles. The number of amides is 1. The topological polar surface area (TPSA) is 42.4 Å². The van der Waals surface area contributed by atoms with Crippen molar-refractivity contribution in [3.63, 3.8) is 0 Å². The lowest BCUT2D eigenvalue weighted by Crippen LogP contribution is -2.32. The number of likely N-dealkylation sites (tertiary alicyclic amines) is 1. The van der Waals surface area contributed by atoms with Crippen LogP contribution in [0.4, 0.5) is 4.39 Å². The van der Waals surface area contributed by atoms with Crippen LogP contribution in [0.15, 0.2) is 42.6 Å². The monoisotopic (exact) mass is 340 g/mol. The van der Waals surface area contributed by atoms with E-state index in [1.807, 2.05) is 24.0 Å². The highest BCUT2D eigenvalue weighted by Gasteiger charge is 2.45. The van der Waals surface area contributed by atoms with Crippen molar-refractivity contribution in [3.05, 3.63) is 59.7 Å². The van der Waals surface area contributed by atoms with Gasteiger partial charge in [-0.25, -0.2) is 4.39 Å². The molecule has 2 aromatic rings. The lowest BCUT2D eigenvalue weighted by molar-refractivity contribution is 0.0761. The highest BCUT2D eigenvalue weighted by Crippen LogP contribution is 2.40. The highest BCUT2D eigenvalue weighted by atomic mass is 19.1. The van der Waals surface area contributed by atoms with Crippen LogP contribution in [0.5, 0.6) is 5.75 Å². The van der Waals surface area contributed by atoms with Crippen LogP contribution in [0.3, 0.4) is 0 Å². The Kier molecular flexibility index (Phi) is 4.15. The van der Waals surface area contributed by atoms with E-state index in [0.29, 0.717) is 23.9 Å². The van der Waals surface area contributed by atoms with Crippen LogP contribution in [0, 0.1) is 24.6 Å². The van der Waals surface area contributed by atoms with E-state index in [4.69, 9.17) is 4.74 Å². The van der Waals surface area contributed by atoms with Gasteiger partial charge in [0.2, 0.25) is 0 Å². The minimum atomic E-state index is -0.376. The molecule has 0 unspecified atom stereocenters. The number of benzene rings is 1. The summed E-state index contributed by atoms with van der Waals surface area (Å²) in [5, 5.41) is 0. The highest BCUT2D eigenvalue weighted by molar-refractivity contribution is 5.94. The molecule has 0 radical (unpaired) electrons. The Balaban J connectivity index is 1.46. The van der Waals surface area contributed by atoms with Crippen molar-refractivity contribution in [2.24, 2.45) is 11.8 Å². The molecule has 2 fully saturated rings. The molecular weight excluding hydrogens is 319 g/mol. The normalized spacial score (nSPS) is 25.0. The van der Waals surface area contributed by atoms with Gasteiger partial charge in [0.15, 0.2) is 0 Å². The zero-order valence-corrected chi connectivity index (χ0v) is 14.2. The third kappa shape index (κ3) is 3.11. The first kappa shape index (κ1) is 16.1. The van der Waals surface area contributed by atoms with Gasteiger partial charge in [-0.1, -0.05) is 6.07 Å². The van der Waals surface area contributed by atoms with Gasteiger partial charge in [0.05, 0.1) is 5.69 Å². The quantitative estimate of drug-likeness (QED) is 0.859. The molecule has 1 aliphatic heterocycles. The lowest BCUT2D eigenvalue weighted by atomic mass is 9.99. The van der Waals surface area contributed by atoms with Gasteiger partial charge >= 0.3 is 0 Å². The number of hydrogen-bond donors (Lipinski definition) is 0. The fourth-order valence-corrected chi connectivity index (χ4v) is 4.09. The Morgan fingerprint density at radius 3 is 2.92 bits per heavy atom. The maximum absolute atomic E-state index is 13.4. The first-order valence-corrected chi connectivity index (χ1v) is 8.75. The van der Waals surface area contributed by atoms with E-state index in [9.17, 15) is 9.18 Å². The molecule has 4 rings (SSSR count). The fourth-order valence-electron chi connectivity index (χ4n) is 4.09. The minimum absolute atomic E-state index is 0.0924. The Labute approximate surface area is 146 Å². The predicted molar refractivity (Wildman–Crippen MR) is 91.9 cm³/mol. The summed E-state index contributed by atoms with van der Waals surface area (Å²) in [5.74, 6) is 1.14. The molecule has 0 spiro atoms. The second-order valence-corrected chi connectivity index (χ2v) is 6.97. The maximum atomic E-state index is 13.4. The van der Waals surface area contributed by atoms with Gasteiger partial charge in [-0.15, -0.1) is 0 Å². The third-order valence-electron chi connectivity index (χ3n) is 5.39. The van der Waals surface area contributed by atoms with Gasteiger partial charge in [-0.3, -0.25) is 9.78 Å². The average molecular weight is 340 g/mol. The summed E-state index contributed by atoms with van der Waals surface area (Å²) in [6.07, 6.45) is 3.93. The molecule has 3 atom stereocenters. The molecule has 1 aromatic heterocycles. The molecular formula is C20H21FN2O2. The number of hydrogen-bond acceptors (Lipinski definition) is 3. The van der Waals surface area contributed by atoms with Crippen LogP contribution < -0.4 is 4.74 Å². The number of halogens is 1. The van der Waals surface area contributed by atoms with Crippen LogP contribution in [-0.4, -0.2) is 35.0 Å². The number of ether oxygens (including phenoxy) is 1. The number of nitrogens with zero attached hydrogens (tertiary/aromatic N) is 2. The van der Waals surface area contributed by atoms with E-state index >= 15 is 0 Å². The van der Waals surface area contributed by atoms with E-state index in [1.54, 1.807) is 18.3 Å². The predicted octanol–water partition coefficient (Wildman–Crippen LogP) is 3.46. The Morgan fingerprint density at radius 2 is 2.12 bits per heavy atom. The average Bonchev–Trinajstić information content (AvgIpc) is 3.18. The molecule has 130 valence electrons. The molecule has 2 aliphatic rings. The molecule has 0 N–H and O–H groups in total. The van der Waals surface area contributed by atoms with Gasteiger partial charge < -0.3 is 9.64 Å². The van der Waals surface area contributed by atoms with Crippen LogP contribution in [0.2, 0.25) is 0 Å². The Bertz CT molecular complexity index is 795.